The average molecular weight is 238 g/mol. The van der Waals surface area contributed by atoms with Gasteiger partial charge in [-0.15, -0.1) is 0 Å². The molecule has 0 aromatic rings. The molecule has 0 saturated carbocycles. The largest absolute Gasteiger partial charge is 0.393 e. The van der Waals surface area contributed by atoms with E-state index < -0.39 is 15.3 Å². The average Bonchev–Trinajstić information content (AvgIpc) is 2.01. The molecule has 0 saturated heterocycles. The predicted molar refractivity (Wildman–Crippen MR) is 62.7 cm³/mol. The van der Waals surface area contributed by atoms with Crippen LogP contribution in [-0.4, -0.2) is 24.7 Å². The summed E-state index contributed by atoms with van der Waals surface area (Å²) in [6.07, 6.45) is 1.10. The predicted octanol–water partition coefficient (Wildman–Crippen LogP) is 0.769. The highest BCUT2D eigenvalue weighted by atomic mass is 32.2. The van der Waals surface area contributed by atoms with Gasteiger partial charge in [0.2, 0.25) is 10.0 Å². The third-order valence-electron chi connectivity index (χ3n) is 1.89. The molecule has 0 heterocycles. The molecule has 1 atom stereocenters. The Balaban J connectivity index is 4.39. The lowest BCUT2D eigenvalue weighted by molar-refractivity contribution is 0.539. The summed E-state index contributed by atoms with van der Waals surface area (Å²) in [5.41, 5.74) is 5.36. The fourth-order valence-electron chi connectivity index (χ4n) is 0.881. The van der Waals surface area contributed by atoms with Crippen LogP contribution in [0.25, 0.3) is 0 Å². The Morgan fingerprint density at radius 2 is 2.00 bits per heavy atom. The first-order valence-electron chi connectivity index (χ1n) is 4.59. The number of rotatable bonds is 6. The van der Waals surface area contributed by atoms with Gasteiger partial charge in [-0.1, -0.05) is 19.1 Å². The summed E-state index contributed by atoms with van der Waals surface area (Å²) in [5.74, 6) is 0. The van der Waals surface area contributed by atoms with E-state index in [1.165, 1.54) is 0 Å². The number of sulfonamides is 1. The Morgan fingerprint density at radius 3 is 2.29 bits per heavy atom. The van der Waals surface area contributed by atoms with Crippen molar-refractivity contribution in [3.8, 4) is 0 Å². The molecule has 0 spiro atoms. The van der Waals surface area contributed by atoms with Crippen molar-refractivity contribution in [2.75, 3.05) is 0 Å². The quantitative estimate of drug-likeness (QED) is 0.670. The second-order valence-corrected chi connectivity index (χ2v) is 6.28. The number of hydrogen-bond donors (Lipinski definition) is 2. The molecular weight excluding hydrogens is 220 g/mol. The van der Waals surface area contributed by atoms with Gasteiger partial charge in [-0.3, -0.25) is 0 Å². The van der Waals surface area contributed by atoms with Gasteiger partial charge in [0.1, 0.15) is 0 Å². The molecule has 0 aliphatic rings. The SMILES string of the molecule is CCC(CC(N)=S)NS(=O)(=O)C(C)C. The van der Waals surface area contributed by atoms with Gasteiger partial charge in [0.15, 0.2) is 0 Å². The normalized spacial score (nSPS) is 14.3. The lowest BCUT2D eigenvalue weighted by atomic mass is 10.2. The number of hydrogen-bond acceptors (Lipinski definition) is 3. The minimum atomic E-state index is -3.22. The Labute approximate surface area is 91.3 Å². The van der Waals surface area contributed by atoms with Gasteiger partial charge in [0.05, 0.1) is 10.2 Å². The summed E-state index contributed by atoms with van der Waals surface area (Å²) in [4.78, 5) is 0.336. The lowest BCUT2D eigenvalue weighted by Crippen LogP contribution is -2.40. The van der Waals surface area contributed by atoms with Crippen molar-refractivity contribution < 1.29 is 8.42 Å². The molecule has 0 amide bonds. The van der Waals surface area contributed by atoms with Crippen LogP contribution in [0.4, 0.5) is 0 Å². The molecule has 0 rings (SSSR count). The minimum Gasteiger partial charge on any atom is -0.393 e. The minimum absolute atomic E-state index is 0.181. The van der Waals surface area contributed by atoms with Crippen LogP contribution >= 0.6 is 12.2 Å². The van der Waals surface area contributed by atoms with E-state index in [0.717, 1.165) is 0 Å². The van der Waals surface area contributed by atoms with Crippen molar-refractivity contribution in [2.45, 2.75) is 44.9 Å². The maximum absolute atomic E-state index is 11.5. The third kappa shape index (κ3) is 4.88. The topological polar surface area (TPSA) is 72.2 Å². The van der Waals surface area contributed by atoms with E-state index in [4.69, 9.17) is 18.0 Å². The number of nitrogens with two attached hydrogens (primary N) is 1. The molecule has 4 nitrogen and oxygen atoms in total. The summed E-state index contributed by atoms with van der Waals surface area (Å²) in [6.45, 7) is 5.16. The van der Waals surface area contributed by atoms with Crippen LogP contribution in [0.15, 0.2) is 0 Å². The molecular formula is C8H18N2O2S2. The van der Waals surface area contributed by atoms with Gasteiger partial charge in [-0.25, -0.2) is 13.1 Å². The van der Waals surface area contributed by atoms with Gasteiger partial charge >= 0.3 is 0 Å². The standard InChI is InChI=1S/C8H18N2O2S2/c1-4-7(5-8(9)13)10-14(11,12)6(2)3/h6-7,10H,4-5H2,1-3H3,(H2,9,13). The Morgan fingerprint density at radius 1 is 1.50 bits per heavy atom. The molecule has 0 radical (unpaired) electrons. The molecule has 0 aliphatic carbocycles. The van der Waals surface area contributed by atoms with Crippen molar-refractivity contribution in [1.82, 2.24) is 4.72 Å². The van der Waals surface area contributed by atoms with E-state index in [0.29, 0.717) is 17.8 Å². The molecule has 0 aromatic carbocycles. The fraction of sp³-hybridized carbons (Fsp3) is 0.875. The van der Waals surface area contributed by atoms with Crippen LogP contribution in [-0.2, 0) is 10.0 Å². The lowest BCUT2D eigenvalue weighted by Gasteiger charge is -2.17. The first-order chi connectivity index (χ1) is 6.29. The molecule has 0 aliphatic heterocycles. The van der Waals surface area contributed by atoms with Crippen LogP contribution in [0.5, 0.6) is 0 Å². The van der Waals surface area contributed by atoms with E-state index in [2.05, 4.69) is 4.72 Å². The van der Waals surface area contributed by atoms with Crippen LogP contribution in [0.1, 0.15) is 33.6 Å². The highest BCUT2D eigenvalue weighted by Crippen LogP contribution is 2.04. The zero-order chi connectivity index (χ0) is 11.4. The van der Waals surface area contributed by atoms with Gasteiger partial charge in [-0.05, 0) is 20.3 Å². The van der Waals surface area contributed by atoms with E-state index in [1.807, 2.05) is 6.92 Å². The van der Waals surface area contributed by atoms with E-state index in [9.17, 15) is 8.42 Å². The molecule has 0 fully saturated rings. The molecule has 1 unspecified atom stereocenters. The smallest absolute Gasteiger partial charge is 0.214 e. The van der Waals surface area contributed by atoms with E-state index in [1.54, 1.807) is 13.8 Å². The van der Waals surface area contributed by atoms with Gasteiger partial charge in [0, 0.05) is 12.5 Å². The number of nitrogens with one attached hydrogen (secondary N) is 1. The fourth-order valence-corrected chi connectivity index (χ4v) is 2.07. The summed E-state index contributed by atoms with van der Waals surface area (Å²) < 4.78 is 25.6. The van der Waals surface area contributed by atoms with Crippen LogP contribution in [0, 0.1) is 0 Å². The van der Waals surface area contributed by atoms with Crippen molar-refractivity contribution in [2.24, 2.45) is 5.73 Å². The first-order valence-corrected chi connectivity index (χ1v) is 6.54. The monoisotopic (exact) mass is 238 g/mol. The molecule has 0 aromatic heterocycles. The second-order valence-electron chi connectivity index (χ2n) is 3.49. The zero-order valence-corrected chi connectivity index (χ0v) is 10.4. The highest BCUT2D eigenvalue weighted by molar-refractivity contribution is 7.90. The van der Waals surface area contributed by atoms with E-state index in [-0.39, 0.29) is 6.04 Å². The molecule has 3 N–H and O–H groups in total. The molecule has 0 bridgehead atoms. The zero-order valence-electron chi connectivity index (χ0n) is 8.78. The molecule has 84 valence electrons. The summed E-state index contributed by atoms with van der Waals surface area (Å²) >= 11 is 4.74. The summed E-state index contributed by atoms with van der Waals surface area (Å²) in [6, 6.07) is -0.181. The Bertz CT molecular complexity index is 286. The second kappa shape index (κ2) is 5.63. The van der Waals surface area contributed by atoms with Gasteiger partial charge < -0.3 is 5.73 Å². The maximum Gasteiger partial charge on any atom is 0.214 e. The summed E-state index contributed by atoms with van der Waals surface area (Å²) in [5, 5.41) is -0.428. The van der Waals surface area contributed by atoms with Crippen LogP contribution in [0.2, 0.25) is 0 Å². The highest BCUT2D eigenvalue weighted by Gasteiger charge is 2.20. The maximum atomic E-state index is 11.5. The molecule has 6 heteroatoms. The van der Waals surface area contributed by atoms with Crippen molar-refractivity contribution >= 4 is 27.2 Å². The van der Waals surface area contributed by atoms with Crippen molar-refractivity contribution in [3.05, 3.63) is 0 Å². The summed E-state index contributed by atoms with van der Waals surface area (Å²) in [7, 11) is -3.22. The van der Waals surface area contributed by atoms with Crippen molar-refractivity contribution in [1.29, 1.82) is 0 Å². The van der Waals surface area contributed by atoms with Gasteiger partial charge in [-0.2, -0.15) is 0 Å². The van der Waals surface area contributed by atoms with Crippen molar-refractivity contribution in [3.63, 3.8) is 0 Å². The Kier molecular flexibility index (Phi) is 5.54. The van der Waals surface area contributed by atoms with E-state index >= 15 is 0 Å². The third-order valence-corrected chi connectivity index (χ3v) is 3.96. The molecule has 14 heavy (non-hydrogen) atoms. The Hall–Kier alpha value is -0.200. The first kappa shape index (κ1) is 13.8. The number of thiocarbonyl (C=S) groups is 1. The van der Waals surface area contributed by atoms with Gasteiger partial charge in [0.25, 0.3) is 0 Å². The van der Waals surface area contributed by atoms with Crippen LogP contribution in [0.3, 0.4) is 0 Å². The van der Waals surface area contributed by atoms with Crippen LogP contribution < -0.4 is 10.5 Å².